The number of hydrogen-bond acceptors (Lipinski definition) is 8. The van der Waals surface area contributed by atoms with Crippen LogP contribution in [0.5, 0.6) is 0 Å². The third-order valence-electron chi connectivity index (χ3n) is 6.84. The highest BCUT2D eigenvalue weighted by molar-refractivity contribution is 5.95. The Morgan fingerprint density at radius 2 is 1.57 bits per heavy atom. The number of carbonyl (C=O) groups excluding carboxylic acids is 5. The molecule has 2 aromatic rings. The number of unbranched alkanes of at least 4 members (excludes halogenated alkanes) is 1. The molecule has 0 unspecified atom stereocenters. The van der Waals surface area contributed by atoms with Crippen molar-refractivity contribution in [3.63, 3.8) is 0 Å². The van der Waals surface area contributed by atoms with E-state index < -0.39 is 60.2 Å². The number of aliphatic hydroxyl groups is 1. The molecular formula is C28H43N7O7. The molecule has 14 nitrogen and oxygen atoms in total. The molecule has 0 radical (unpaired) electrons. The molecule has 5 amide bonds. The summed E-state index contributed by atoms with van der Waals surface area (Å²) in [6.07, 6.45) is 3.12. The van der Waals surface area contributed by atoms with Crippen molar-refractivity contribution >= 4 is 40.4 Å². The number of primary amides is 1. The van der Waals surface area contributed by atoms with Crippen LogP contribution in [0.4, 0.5) is 0 Å². The maximum absolute atomic E-state index is 13.5. The van der Waals surface area contributed by atoms with Gasteiger partial charge in [0, 0.05) is 35.9 Å². The lowest BCUT2D eigenvalue weighted by Crippen LogP contribution is -2.58. The average Bonchev–Trinajstić information content (AvgIpc) is 3.36. The van der Waals surface area contributed by atoms with Gasteiger partial charge in [-0.3, -0.25) is 29.2 Å². The van der Waals surface area contributed by atoms with Crippen LogP contribution in [0.3, 0.4) is 0 Å². The van der Waals surface area contributed by atoms with Crippen LogP contribution in [0.1, 0.15) is 51.5 Å². The van der Waals surface area contributed by atoms with Crippen molar-refractivity contribution in [3.05, 3.63) is 36.0 Å². The molecule has 0 saturated carbocycles. The molecule has 232 valence electrons. The van der Waals surface area contributed by atoms with E-state index in [0.29, 0.717) is 31.4 Å². The minimum Gasteiger partial charge on any atom is -0.394 e. The van der Waals surface area contributed by atoms with Crippen molar-refractivity contribution in [1.29, 1.82) is 0 Å². The fourth-order valence-electron chi connectivity index (χ4n) is 4.66. The zero-order valence-electron chi connectivity index (χ0n) is 24.0. The highest BCUT2D eigenvalue weighted by Crippen LogP contribution is 2.21. The van der Waals surface area contributed by atoms with Crippen molar-refractivity contribution in [3.8, 4) is 0 Å². The number of aromatic nitrogens is 1. The number of nitrogens with two attached hydrogens (primary N) is 2. The molecule has 1 aromatic heterocycles. The smallest absolute Gasteiger partial charge is 0.245 e. The van der Waals surface area contributed by atoms with E-state index in [1.807, 2.05) is 38.1 Å². The summed E-state index contributed by atoms with van der Waals surface area (Å²) in [5.74, 6) is -4.52. The molecule has 0 saturated heterocycles. The van der Waals surface area contributed by atoms with Gasteiger partial charge in [-0.05, 0) is 49.8 Å². The second-order valence-electron chi connectivity index (χ2n) is 10.7. The van der Waals surface area contributed by atoms with Crippen LogP contribution in [-0.2, 0) is 30.4 Å². The predicted molar refractivity (Wildman–Crippen MR) is 154 cm³/mol. The summed E-state index contributed by atoms with van der Waals surface area (Å²) in [4.78, 5) is 66.6. The molecule has 0 aliphatic heterocycles. The third kappa shape index (κ3) is 10.4. The van der Waals surface area contributed by atoms with Gasteiger partial charge in [-0.25, -0.2) is 5.48 Å². The van der Waals surface area contributed by atoms with Gasteiger partial charge in [-0.1, -0.05) is 32.0 Å². The molecule has 2 rings (SSSR count). The quantitative estimate of drug-likeness (QED) is 0.0612. The van der Waals surface area contributed by atoms with E-state index in [1.54, 1.807) is 6.20 Å². The third-order valence-corrected chi connectivity index (χ3v) is 6.84. The minimum atomic E-state index is -1.44. The first-order chi connectivity index (χ1) is 20.0. The number of amides is 5. The topological polar surface area (TPSA) is 242 Å². The average molecular weight is 590 g/mol. The largest absolute Gasteiger partial charge is 0.394 e. The van der Waals surface area contributed by atoms with Gasteiger partial charge in [0.15, 0.2) is 0 Å². The molecule has 0 spiro atoms. The standard InChI is InChI=1S/C28H43N7O7/c1-16(2)11-17(13-24(37)35-42)26(39)33-22(12-18-14-31-20-8-4-3-7-19(18)20)27(40)34-23(15-36)28(41)32-21(25(30)38)9-5-6-10-29/h3-4,7-8,14,16-17,21-23,31,36,42H,5-6,9-13,15,29H2,1-2H3,(H2,30,38)(H,32,41)(H,33,39)(H,34,40)(H,35,37)/t17-,21+,22+,23+/m1/s1. The number of hydroxylamine groups is 1. The Bertz CT molecular complexity index is 1220. The molecule has 1 heterocycles. The molecule has 42 heavy (non-hydrogen) atoms. The van der Waals surface area contributed by atoms with Crippen molar-refractivity contribution in [2.45, 2.75) is 70.5 Å². The van der Waals surface area contributed by atoms with Gasteiger partial charge < -0.3 is 37.5 Å². The summed E-state index contributed by atoms with van der Waals surface area (Å²) in [6.45, 7) is 3.35. The number of benzene rings is 1. The summed E-state index contributed by atoms with van der Waals surface area (Å²) in [7, 11) is 0. The lowest BCUT2D eigenvalue weighted by atomic mass is 9.92. The summed E-state index contributed by atoms with van der Waals surface area (Å²) in [5.41, 5.74) is 13.9. The zero-order chi connectivity index (χ0) is 31.2. The van der Waals surface area contributed by atoms with Crippen molar-refractivity contribution < 1.29 is 34.3 Å². The molecular weight excluding hydrogens is 546 g/mol. The van der Waals surface area contributed by atoms with Crippen LogP contribution >= 0.6 is 0 Å². The van der Waals surface area contributed by atoms with E-state index in [-0.39, 0.29) is 25.2 Å². The lowest BCUT2D eigenvalue weighted by molar-refractivity contribution is -0.137. The highest BCUT2D eigenvalue weighted by Gasteiger charge is 2.31. The Labute approximate surface area is 244 Å². The Hall–Kier alpha value is -4.01. The van der Waals surface area contributed by atoms with E-state index in [1.165, 1.54) is 5.48 Å². The van der Waals surface area contributed by atoms with Crippen molar-refractivity contribution in [2.24, 2.45) is 23.3 Å². The molecule has 0 bridgehead atoms. The SMILES string of the molecule is CC(C)C[C@H](CC(=O)NO)C(=O)N[C@@H](Cc1c[nH]c2ccccc12)C(=O)N[C@@H](CO)C(=O)N[C@@H](CCCCN)C(N)=O. The molecule has 0 fully saturated rings. The second kappa shape index (κ2) is 17.1. The Balaban J connectivity index is 2.28. The van der Waals surface area contributed by atoms with Crippen LogP contribution in [0.25, 0.3) is 10.9 Å². The lowest BCUT2D eigenvalue weighted by Gasteiger charge is -2.25. The molecule has 0 aliphatic rings. The highest BCUT2D eigenvalue weighted by atomic mass is 16.5. The van der Waals surface area contributed by atoms with E-state index in [0.717, 1.165) is 10.9 Å². The Morgan fingerprint density at radius 3 is 2.19 bits per heavy atom. The number of para-hydroxylation sites is 1. The number of hydrogen-bond donors (Lipinski definition) is 9. The summed E-state index contributed by atoms with van der Waals surface area (Å²) in [5, 5.41) is 27.3. The zero-order valence-corrected chi connectivity index (χ0v) is 24.0. The summed E-state index contributed by atoms with van der Waals surface area (Å²) < 4.78 is 0. The summed E-state index contributed by atoms with van der Waals surface area (Å²) >= 11 is 0. The number of aromatic amines is 1. The predicted octanol–water partition coefficient (Wildman–Crippen LogP) is -0.671. The molecule has 0 aliphatic carbocycles. The number of fused-ring (bicyclic) bond motifs is 1. The van der Waals surface area contributed by atoms with E-state index in [4.69, 9.17) is 16.7 Å². The van der Waals surface area contributed by atoms with Crippen LogP contribution in [0, 0.1) is 11.8 Å². The van der Waals surface area contributed by atoms with Gasteiger partial charge in [0.05, 0.1) is 6.61 Å². The first-order valence-electron chi connectivity index (χ1n) is 14.0. The molecule has 11 N–H and O–H groups in total. The summed E-state index contributed by atoms with van der Waals surface area (Å²) in [6, 6.07) is 3.71. The Kier molecular flexibility index (Phi) is 13.9. The number of H-pyrrole nitrogens is 1. The van der Waals surface area contributed by atoms with Gasteiger partial charge in [-0.15, -0.1) is 0 Å². The maximum atomic E-state index is 13.5. The van der Waals surface area contributed by atoms with Crippen molar-refractivity contribution in [2.75, 3.05) is 13.2 Å². The second-order valence-corrected chi connectivity index (χ2v) is 10.7. The number of aliphatic hydroxyl groups excluding tert-OH is 1. The molecule has 4 atom stereocenters. The van der Waals surface area contributed by atoms with Crippen LogP contribution < -0.4 is 32.9 Å². The minimum absolute atomic E-state index is 0.0188. The molecule has 1 aromatic carbocycles. The number of rotatable bonds is 18. The number of nitrogens with one attached hydrogen (secondary N) is 5. The Morgan fingerprint density at radius 1 is 0.929 bits per heavy atom. The normalized spacial score (nSPS) is 14.0. The molecule has 14 heteroatoms. The first-order valence-corrected chi connectivity index (χ1v) is 14.0. The first kappa shape index (κ1) is 34.2. The van der Waals surface area contributed by atoms with Gasteiger partial charge in [0.25, 0.3) is 0 Å². The van der Waals surface area contributed by atoms with Gasteiger partial charge >= 0.3 is 0 Å². The van der Waals surface area contributed by atoms with Gasteiger partial charge in [-0.2, -0.15) is 0 Å². The fourth-order valence-corrected chi connectivity index (χ4v) is 4.66. The van der Waals surface area contributed by atoms with Gasteiger partial charge in [0.2, 0.25) is 29.5 Å². The van der Waals surface area contributed by atoms with E-state index in [2.05, 4.69) is 20.9 Å². The van der Waals surface area contributed by atoms with Gasteiger partial charge in [0.1, 0.15) is 18.1 Å². The maximum Gasteiger partial charge on any atom is 0.245 e. The van der Waals surface area contributed by atoms with E-state index >= 15 is 0 Å². The van der Waals surface area contributed by atoms with Crippen molar-refractivity contribution in [1.82, 2.24) is 26.4 Å². The number of carbonyl (C=O) groups is 5. The van der Waals surface area contributed by atoms with E-state index in [9.17, 15) is 29.1 Å². The fraction of sp³-hybridized carbons (Fsp3) is 0.536. The van der Waals surface area contributed by atoms with Crippen LogP contribution in [0.2, 0.25) is 0 Å². The monoisotopic (exact) mass is 589 g/mol. The van der Waals surface area contributed by atoms with Crippen LogP contribution in [-0.4, -0.2) is 76.1 Å². The van der Waals surface area contributed by atoms with Crippen LogP contribution in [0.15, 0.2) is 30.5 Å².